The number of nitrogens with one attached hydrogen (secondary N) is 1. The summed E-state index contributed by atoms with van der Waals surface area (Å²) in [7, 11) is -0.364. The molecule has 1 aliphatic rings. The van der Waals surface area contributed by atoms with Crippen LogP contribution in [0.5, 0.6) is 0 Å². The van der Waals surface area contributed by atoms with Crippen molar-refractivity contribution in [1.29, 1.82) is 0 Å². The van der Waals surface area contributed by atoms with Crippen LogP contribution in [-0.2, 0) is 14.1 Å². The molecule has 2 rings (SSSR count). The van der Waals surface area contributed by atoms with Gasteiger partial charge in [0.2, 0.25) is 5.91 Å². The average Bonchev–Trinajstić information content (AvgIpc) is 2.48. The lowest BCUT2D eigenvalue weighted by molar-refractivity contribution is -0.114. The van der Waals surface area contributed by atoms with Crippen LogP contribution in [0.2, 0.25) is 0 Å². The zero-order valence-electron chi connectivity index (χ0n) is 12.1. The molecule has 102 valence electrons. The molecule has 0 saturated carbocycles. The van der Waals surface area contributed by atoms with E-state index < -0.39 is 0 Å². The molecule has 0 radical (unpaired) electrons. The SMILES string of the molecule is CC(=O)Nc1ccc(B2OC(C)(C)C(C)(C)O2)cc1. The van der Waals surface area contributed by atoms with Crippen LogP contribution in [0, 0.1) is 0 Å². The van der Waals surface area contributed by atoms with Crippen molar-refractivity contribution in [3.8, 4) is 0 Å². The van der Waals surface area contributed by atoms with Gasteiger partial charge in [0.1, 0.15) is 0 Å². The van der Waals surface area contributed by atoms with Gasteiger partial charge in [0, 0.05) is 12.6 Å². The van der Waals surface area contributed by atoms with Crippen molar-refractivity contribution < 1.29 is 14.1 Å². The zero-order chi connectivity index (χ0) is 14.3. The summed E-state index contributed by atoms with van der Waals surface area (Å²) in [6, 6.07) is 7.52. The van der Waals surface area contributed by atoms with E-state index >= 15 is 0 Å². The van der Waals surface area contributed by atoms with E-state index in [0.29, 0.717) is 0 Å². The van der Waals surface area contributed by atoms with Gasteiger partial charge in [0.25, 0.3) is 0 Å². The molecular formula is C14H20BNO3. The van der Waals surface area contributed by atoms with Crippen molar-refractivity contribution in [3.05, 3.63) is 24.3 Å². The molecule has 5 heteroatoms. The fourth-order valence-electron chi connectivity index (χ4n) is 1.91. The first-order valence-corrected chi connectivity index (χ1v) is 6.44. The monoisotopic (exact) mass is 261 g/mol. The number of hydrogen-bond donors (Lipinski definition) is 1. The lowest BCUT2D eigenvalue weighted by atomic mass is 9.79. The second-order valence-corrected chi connectivity index (χ2v) is 5.89. The first-order chi connectivity index (χ1) is 8.71. The minimum absolute atomic E-state index is 0.0802. The Morgan fingerprint density at radius 2 is 1.53 bits per heavy atom. The molecule has 1 amide bonds. The molecule has 1 fully saturated rings. The number of anilines is 1. The maximum Gasteiger partial charge on any atom is 0.494 e. The largest absolute Gasteiger partial charge is 0.494 e. The third-order valence-electron chi connectivity index (χ3n) is 3.76. The van der Waals surface area contributed by atoms with Crippen molar-refractivity contribution in [2.75, 3.05) is 5.32 Å². The lowest BCUT2D eigenvalue weighted by Crippen LogP contribution is -2.41. The van der Waals surface area contributed by atoms with Crippen molar-refractivity contribution in [2.24, 2.45) is 0 Å². The molecule has 4 nitrogen and oxygen atoms in total. The van der Waals surface area contributed by atoms with Gasteiger partial charge in [-0.2, -0.15) is 0 Å². The first kappa shape index (κ1) is 14.1. The van der Waals surface area contributed by atoms with Crippen LogP contribution in [0.1, 0.15) is 34.6 Å². The average molecular weight is 261 g/mol. The number of hydrogen-bond acceptors (Lipinski definition) is 3. The highest BCUT2D eigenvalue weighted by Crippen LogP contribution is 2.36. The molecule has 1 saturated heterocycles. The zero-order valence-corrected chi connectivity index (χ0v) is 12.1. The summed E-state index contributed by atoms with van der Waals surface area (Å²) in [6.45, 7) is 9.59. The van der Waals surface area contributed by atoms with E-state index in [4.69, 9.17) is 9.31 Å². The number of carbonyl (C=O) groups excluding carboxylic acids is 1. The normalized spacial score (nSPS) is 20.4. The van der Waals surface area contributed by atoms with Crippen LogP contribution in [0.15, 0.2) is 24.3 Å². The van der Waals surface area contributed by atoms with Crippen LogP contribution in [0.25, 0.3) is 0 Å². The van der Waals surface area contributed by atoms with Gasteiger partial charge in [0.15, 0.2) is 0 Å². The van der Waals surface area contributed by atoms with E-state index in [1.54, 1.807) is 0 Å². The minimum Gasteiger partial charge on any atom is -0.399 e. The Hall–Kier alpha value is -1.33. The Morgan fingerprint density at radius 1 is 1.05 bits per heavy atom. The number of carbonyl (C=O) groups is 1. The molecule has 0 spiro atoms. The maximum atomic E-state index is 11.0. The molecule has 1 heterocycles. The van der Waals surface area contributed by atoms with Crippen molar-refractivity contribution in [1.82, 2.24) is 0 Å². The van der Waals surface area contributed by atoms with Crippen LogP contribution < -0.4 is 10.8 Å². The maximum absolute atomic E-state index is 11.0. The van der Waals surface area contributed by atoms with Crippen LogP contribution in [0.3, 0.4) is 0 Å². The summed E-state index contributed by atoms with van der Waals surface area (Å²) < 4.78 is 11.9. The minimum atomic E-state index is -0.364. The Labute approximate surface area is 114 Å². The highest BCUT2D eigenvalue weighted by molar-refractivity contribution is 6.62. The van der Waals surface area contributed by atoms with E-state index in [2.05, 4.69) is 5.32 Å². The number of benzene rings is 1. The first-order valence-electron chi connectivity index (χ1n) is 6.44. The molecule has 0 bridgehead atoms. The molecule has 1 aliphatic heterocycles. The molecule has 0 atom stereocenters. The second-order valence-electron chi connectivity index (χ2n) is 5.89. The van der Waals surface area contributed by atoms with Gasteiger partial charge in [-0.3, -0.25) is 4.79 Å². The predicted molar refractivity (Wildman–Crippen MR) is 76.5 cm³/mol. The summed E-state index contributed by atoms with van der Waals surface area (Å²) in [6.07, 6.45) is 0. The van der Waals surface area contributed by atoms with Gasteiger partial charge in [-0.25, -0.2) is 0 Å². The highest BCUT2D eigenvalue weighted by atomic mass is 16.7. The van der Waals surface area contributed by atoms with Crippen LogP contribution in [0.4, 0.5) is 5.69 Å². The van der Waals surface area contributed by atoms with Gasteiger partial charge < -0.3 is 14.6 Å². The molecule has 0 aliphatic carbocycles. The predicted octanol–water partition coefficient (Wildman–Crippen LogP) is 1.94. The van der Waals surface area contributed by atoms with E-state index in [-0.39, 0.29) is 24.2 Å². The fraction of sp³-hybridized carbons (Fsp3) is 0.500. The fourth-order valence-corrected chi connectivity index (χ4v) is 1.91. The van der Waals surface area contributed by atoms with Crippen molar-refractivity contribution in [2.45, 2.75) is 45.8 Å². The third kappa shape index (κ3) is 2.82. The van der Waals surface area contributed by atoms with Gasteiger partial charge in [0.05, 0.1) is 11.2 Å². The molecular weight excluding hydrogens is 241 g/mol. The van der Waals surface area contributed by atoms with Crippen molar-refractivity contribution in [3.63, 3.8) is 0 Å². The Kier molecular flexibility index (Phi) is 3.45. The second kappa shape index (κ2) is 4.65. The molecule has 1 N–H and O–H groups in total. The van der Waals surface area contributed by atoms with E-state index in [1.807, 2.05) is 52.0 Å². The summed E-state index contributed by atoms with van der Waals surface area (Å²) in [5.41, 5.74) is 1.04. The molecule has 19 heavy (non-hydrogen) atoms. The summed E-state index contributed by atoms with van der Waals surface area (Å²) >= 11 is 0. The van der Waals surface area contributed by atoms with E-state index in [1.165, 1.54) is 6.92 Å². The van der Waals surface area contributed by atoms with Crippen molar-refractivity contribution >= 4 is 24.2 Å². The highest BCUT2D eigenvalue weighted by Gasteiger charge is 2.51. The lowest BCUT2D eigenvalue weighted by Gasteiger charge is -2.32. The van der Waals surface area contributed by atoms with Gasteiger partial charge in [-0.1, -0.05) is 12.1 Å². The summed E-state index contributed by atoms with van der Waals surface area (Å²) in [5.74, 6) is -0.0802. The Balaban J connectivity index is 2.14. The topological polar surface area (TPSA) is 47.6 Å². The van der Waals surface area contributed by atoms with E-state index in [0.717, 1.165) is 11.2 Å². The van der Waals surface area contributed by atoms with Gasteiger partial charge in [-0.15, -0.1) is 0 Å². The van der Waals surface area contributed by atoms with Gasteiger partial charge in [-0.05, 0) is 45.3 Å². The molecule has 1 aromatic carbocycles. The molecule has 0 unspecified atom stereocenters. The number of rotatable bonds is 2. The standard InChI is InChI=1S/C14H20BNO3/c1-10(17)16-12-8-6-11(7-9-12)15-18-13(2,3)14(4,5)19-15/h6-9H,1-5H3,(H,16,17). The van der Waals surface area contributed by atoms with Gasteiger partial charge >= 0.3 is 7.12 Å². The van der Waals surface area contributed by atoms with Crippen LogP contribution >= 0.6 is 0 Å². The summed E-state index contributed by atoms with van der Waals surface area (Å²) in [5, 5.41) is 2.73. The third-order valence-corrected chi connectivity index (χ3v) is 3.76. The molecule has 1 aromatic rings. The summed E-state index contributed by atoms with van der Waals surface area (Å²) in [4.78, 5) is 11.0. The quantitative estimate of drug-likeness (QED) is 0.827. The number of amides is 1. The van der Waals surface area contributed by atoms with E-state index in [9.17, 15) is 4.79 Å². The van der Waals surface area contributed by atoms with Crippen LogP contribution in [-0.4, -0.2) is 24.2 Å². The molecule has 0 aromatic heterocycles. The Morgan fingerprint density at radius 3 is 1.95 bits per heavy atom. The smallest absolute Gasteiger partial charge is 0.399 e. The Bertz CT molecular complexity index is 466.